The number of nitrogens with one attached hydrogen (secondary N) is 1. The normalized spacial score (nSPS) is 15.1. The summed E-state index contributed by atoms with van der Waals surface area (Å²) in [5.41, 5.74) is 1.99. The van der Waals surface area contributed by atoms with Gasteiger partial charge in [0.15, 0.2) is 11.5 Å². The first-order chi connectivity index (χ1) is 15.1. The Morgan fingerprint density at radius 1 is 1.12 bits per heavy atom. The maximum absolute atomic E-state index is 13.1. The molecule has 4 amide bonds. The molecule has 1 fully saturated rings. The number of ether oxygens (including phenoxy) is 2. The van der Waals surface area contributed by atoms with Crippen LogP contribution in [0.1, 0.15) is 16.7 Å². The van der Waals surface area contributed by atoms with Crippen molar-refractivity contribution in [1.82, 2.24) is 5.32 Å². The van der Waals surface area contributed by atoms with Crippen molar-refractivity contribution in [2.24, 2.45) is 0 Å². The minimum Gasteiger partial charge on any atom is -0.546 e. The summed E-state index contributed by atoms with van der Waals surface area (Å²) >= 11 is 6.17. The molecule has 166 valence electrons. The predicted octanol–water partition coefficient (Wildman–Crippen LogP) is 1.76. The molecule has 1 N–H and O–H groups in total. The summed E-state index contributed by atoms with van der Waals surface area (Å²) in [4.78, 5) is 49.4. The maximum atomic E-state index is 13.1. The number of hydrogen-bond acceptors (Lipinski definition) is 7. The van der Waals surface area contributed by atoms with Gasteiger partial charge in [-0.15, -0.1) is 0 Å². The number of aryl methyl sites for hydroxylation is 2. The molecule has 0 aromatic heterocycles. The number of methoxy groups -OCH3 is 1. The summed E-state index contributed by atoms with van der Waals surface area (Å²) in [6.45, 7) is 2.90. The highest BCUT2D eigenvalue weighted by Gasteiger charge is 2.37. The minimum absolute atomic E-state index is 0.0108. The lowest BCUT2D eigenvalue weighted by molar-refractivity contribution is -0.307. The lowest BCUT2D eigenvalue weighted by Crippen LogP contribution is -2.54. The van der Waals surface area contributed by atoms with Crippen molar-refractivity contribution in [1.29, 1.82) is 0 Å². The van der Waals surface area contributed by atoms with E-state index < -0.39 is 30.4 Å². The van der Waals surface area contributed by atoms with Crippen molar-refractivity contribution in [3.63, 3.8) is 0 Å². The van der Waals surface area contributed by atoms with E-state index in [1.54, 1.807) is 12.1 Å². The third-order valence-corrected chi connectivity index (χ3v) is 4.74. The molecule has 0 aliphatic carbocycles. The molecule has 0 saturated carbocycles. The molecule has 0 unspecified atom stereocenters. The van der Waals surface area contributed by atoms with E-state index in [-0.39, 0.29) is 22.1 Å². The highest BCUT2D eigenvalue weighted by molar-refractivity contribution is 6.39. The number of barbiturate groups is 1. The second-order valence-electron chi connectivity index (χ2n) is 7.00. The Balaban J connectivity index is 2.02. The molecule has 32 heavy (non-hydrogen) atoms. The van der Waals surface area contributed by atoms with Crippen LogP contribution < -0.4 is 24.8 Å². The van der Waals surface area contributed by atoms with Gasteiger partial charge in [0.05, 0.1) is 23.8 Å². The number of nitrogens with zero attached hydrogens (tertiary/aromatic N) is 1. The first-order valence-electron chi connectivity index (χ1n) is 9.30. The molecule has 0 radical (unpaired) electrons. The van der Waals surface area contributed by atoms with Crippen molar-refractivity contribution in [3.8, 4) is 11.5 Å². The van der Waals surface area contributed by atoms with Crippen LogP contribution in [-0.2, 0) is 14.4 Å². The molecule has 1 heterocycles. The fourth-order valence-electron chi connectivity index (χ4n) is 3.23. The molecular formula is C22H18ClN2O7-. The van der Waals surface area contributed by atoms with Crippen LogP contribution in [0.25, 0.3) is 6.08 Å². The van der Waals surface area contributed by atoms with Crippen LogP contribution in [0.2, 0.25) is 5.02 Å². The Labute approximate surface area is 188 Å². The second kappa shape index (κ2) is 9.11. The largest absolute Gasteiger partial charge is 0.546 e. The topological polar surface area (TPSA) is 125 Å². The quantitative estimate of drug-likeness (QED) is 0.517. The molecule has 0 spiro atoms. The van der Waals surface area contributed by atoms with Gasteiger partial charge in [-0.05, 0) is 60.9 Å². The van der Waals surface area contributed by atoms with Crippen molar-refractivity contribution >= 4 is 47.2 Å². The highest BCUT2D eigenvalue weighted by Crippen LogP contribution is 2.37. The zero-order valence-corrected chi connectivity index (χ0v) is 18.1. The Morgan fingerprint density at radius 2 is 1.78 bits per heavy atom. The number of urea groups is 1. The van der Waals surface area contributed by atoms with Crippen LogP contribution in [0.15, 0.2) is 35.9 Å². The van der Waals surface area contributed by atoms with Gasteiger partial charge in [0, 0.05) is 0 Å². The van der Waals surface area contributed by atoms with Crippen molar-refractivity contribution in [3.05, 3.63) is 57.6 Å². The number of imide groups is 2. The van der Waals surface area contributed by atoms with E-state index in [2.05, 4.69) is 5.32 Å². The van der Waals surface area contributed by atoms with Crippen LogP contribution >= 0.6 is 11.6 Å². The zero-order chi connectivity index (χ0) is 23.6. The predicted molar refractivity (Wildman–Crippen MR) is 113 cm³/mol. The first-order valence-corrected chi connectivity index (χ1v) is 9.68. The minimum atomic E-state index is -1.45. The number of rotatable bonds is 6. The zero-order valence-electron chi connectivity index (χ0n) is 17.4. The molecule has 0 atom stereocenters. The smallest absolute Gasteiger partial charge is 0.335 e. The van der Waals surface area contributed by atoms with Crippen LogP contribution in [-0.4, -0.2) is 37.5 Å². The molecule has 2 aromatic carbocycles. The fourth-order valence-corrected chi connectivity index (χ4v) is 3.51. The summed E-state index contributed by atoms with van der Waals surface area (Å²) in [6.07, 6.45) is 1.25. The third kappa shape index (κ3) is 4.73. The number of carbonyl (C=O) groups excluding carboxylic acids is 4. The SMILES string of the molecule is COc1cc(/C=C2\C(=O)NC(=O)N(c3cc(C)cc(C)c3)C2=O)cc(Cl)c1OCC(=O)[O-]. The van der Waals surface area contributed by atoms with Gasteiger partial charge >= 0.3 is 6.03 Å². The van der Waals surface area contributed by atoms with Gasteiger partial charge in [0.2, 0.25) is 0 Å². The Bertz CT molecular complexity index is 1150. The molecule has 0 bridgehead atoms. The van der Waals surface area contributed by atoms with E-state index in [1.165, 1.54) is 25.3 Å². The highest BCUT2D eigenvalue weighted by atomic mass is 35.5. The number of carboxylic acids is 1. The van der Waals surface area contributed by atoms with Gasteiger partial charge < -0.3 is 19.4 Å². The number of carboxylic acid groups (broad SMARTS) is 1. The molecular weight excluding hydrogens is 440 g/mol. The summed E-state index contributed by atoms with van der Waals surface area (Å²) in [6, 6.07) is 7.10. The molecule has 3 rings (SSSR count). The lowest BCUT2D eigenvalue weighted by Gasteiger charge is -2.27. The van der Waals surface area contributed by atoms with Gasteiger partial charge in [0.1, 0.15) is 12.2 Å². The van der Waals surface area contributed by atoms with Gasteiger partial charge in [-0.3, -0.25) is 14.9 Å². The van der Waals surface area contributed by atoms with Crippen molar-refractivity contribution in [2.45, 2.75) is 13.8 Å². The number of carbonyl (C=O) groups is 4. The van der Waals surface area contributed by atoms with Crippen LogP contribution in [0.3, 0.4) is 0 Å². The van der Waals surface area contributed by atoms with Gasteiger partial charge in [0.25, 0.3) is 11.8 Å². The summed E-state index contributed by atoms with van der Waals surface area (Å²) < 4.78 is 10.3. The fraction of sp³-hybridized carbons (Fsp3) is 0.182. The molecule has 2 aromatic rings. The van der Waals surface area contributed by atoms with Crippen molar-refractivity contribution in [2.75, 3.05) is 18.6 Å². The Kier molecular flexibility index (Phi) is 6.50. The third-order valence-electron chi connectivity index (χ3n) is 4.46. The van der Waals surface area contributed by atoms with Gasteiger partial charge in [-0.1, -0.05) is 17.7 Å². The van der Waals surface area contributed by atoms with Crippen molar-refractivity contribution < 1.29 is 33.8 Å². The van der Waals surface area contributed by atoms with E-state index >= 15 is 0 Å². The van der Waals surface area contributed by atoms with Gasteiger partial charge in [-0.2, -0.15) is 0 Å². The van der Waals surface area contributed by atoms with E-state index in [1.807, 2.05) is 19.9 Å². The molecule has 1 aliphatic rings. The Hall–Kier alpha value is -3.85. The lowest BCUT2D eigenvalue weighted by atomic mass is 10.0. The average molecular weight is 458 g/mol. The van der Waals surface area contributed by atoms with Crippen LogP contribution in [0.5, 0.6) is 11.5 Å². The summed E-state index contributed by atoms with van der Waals surface area (Å²) in [5, 5.41) is 12.8. The number of benzene rings is 2. The Morgan fingerprint density at radius 3 is 2.38 bits per heavy atom. The first kappa shape index (κ1) is 22.8. The summed E-state index contributed by atoms with van der Waals surface area (Å²) in [7, 11) is 1.31. The monoisotopic (exact) mass is 457 g/mol. The number of aliphatic carboxylic acids is 1. The standard InChI is InChI=1S/C22H19ClN2O7/c1-11-4-12(2)6-14(5-11)25-21(29)15(20(28)24-22(25)30)7-13-8-16(23)19(17(9-13)31-3)32-10-18(26)27/h4-9H,10H2,1-3H3,(H,26,27)(H,24,28,30)/p-1/b15-7+. The molecule has 10 heteroatoms. The van der Waals surface area contributed by atoms with E-state index in [0.29, 0.717) is 11.3 Å². The van der Waals surface area contributed by atoms with E-state index in [0.717, 1.165) is 16.0 Å². The van der Waals surface area contributed by atoms with Crippen LogP contribution in [0.4, 0.5) is 10.5 Å². The number of amides is 4. The van der Waals surface area contributed by atoms with E-state index in [4.69, 9.17) is 21.1 Å². The molecule has 1 aliphatic heterocycles. The maximum Gasteiger partial charge on any atom is 0.335 e. The number of anilines is 1. The second-order valence-corrected chi connectivity index (χ2v) is 7.41. The average Bonchev–Trinajstić information content (AvgIpc) is 2.68. The number of halogens is 1. The molecule has 1 saturated heterocycles. The molecule has 9 nitrogen and oxygen atoms in total. The number of hydrogen-bond donors (Lipinski definition) is 1. The van der Waals surface area contributed by atoms with Gasteiger partial charge in [-0.25, -0.2) is 9.69 Å². The van der Waals surface area contributed by atoms with E-state index in [9.17, 15) is 24.3 Å². The van der Waals surface area contributed by atoms with Crippen LogP contribution in [0, 0.1) is 13.8 Å². The summed E-state index contributed by atoms with van der Waals surface area (Å²) in [5.74, 6) is -3.08.